The third-order valence-corrected chi connectivity index (χ3v) is 7.92. The second kappa shape index (κ2) is 10.2. The van der Waals surface area contributed by atoms with Gasteiger partial charge >= 0.3 is 0 Å². The first-order valence-corrected chi connectivity index (χ1v) is 12.5. The Morgan fingerprint density at radius 2 is 2.00 bits per heavy atom. The molecule has 1 heterocycles. The SMILES string of the molecule is C=C(NC(C1=CCC(C)C=C1)C1(CC)CCC(C)N1CC(C)CC)c1ccccc1C. The van der Waals surface area contributed by atoms with Crippen molar-refractivity contribution in [2.24, 2.45) is 11.8 Å². The lowest BCUT2D eigenvalue weighted by atomic mass is 9.77. The van der Waals surface area contributed by atoms with Crippen molar-refractivity contribution in [1.29, 1.82) is 0 Å². The van der Waals surface area contributed by atoms with E-state index in [4.69, 9.17) is 0 Å². The lowest BCUT2D eigenvalue weighted by Gasteiger charge is -2.48. The molecule has 5 atom stereocenters. The fourth-order valence-electron chi connectivity index (χ4n) is 5.57. The van der Waals surface area contributed by atoms with E-state index >= 15 is 0 Å². The van der Waals surface area contributed by atoms with E-state index in [1.165, 1.54) is 42.5 Å². The molecule has 5 unspecified atom stereocenters. The van der Waals surface area contributed by atoms with E-state index < -0.39 is 0 Å². The molecule has 0 radical (unpaired) electrons. The molecule has 1 N–H and O–H groups in total. The number of likely N-dealkylation sites (tertiary alicyclic amines) is 1. The van der Waals surface area contributed by atoms with Gasteiger partial charge in [0.2, 0.25) is 0 Å². The molecule has 1 aromatic carbocycles. The monoisotopic (exact) mass is 420 g/mol. The predicted octanol–water partition coefficient (Wildman–Crippen LogP) is 7.13. The van der Waals surface area contributed by atoms with Crippen LogP contribution in [0.25, 0.3) is 5.70 Å². The molecule has 0 saturated carbocycles. The summed E-state index contributed by atoms with van der Waals surface area (Å²) >= 11 is 0. The maximum absolute atomic E-state index is 4.51. The lowest BCUT2D eigenvalue weighted by Crippen LogP contribution is -2.60. The largest absolute Gasteiger partial charge is 0.376 e. The Labute approximate surface area is 191 Å². The summed E-state index contributed by atoms with van der Waals surface area (Å²) in [5, 5.41) is 3.98. The fourth-order valence-corrected chi connectivity index (χ4v) is 5.57. The Morgan fingerprint density at radius 3 is 2.61 bits per heavy atom. The second-order valence-electron chi connectivity index (χ2n) is 10.2. The van der Waals surface area contributed by atoms with E-state index in [0.717, 1.165) is 18.5 Å². The summed E-state index contributed by atoms with van der Waals surface area (Å²) in [6, 6.07) is 9.48. The smallest absolute Gasteiger partial charge is 0.0694 e. The third kappa shape index (κ3) is 5.00. The number of hydrogen-bond acceptors (Lipinski definition) is 2. The summed E-state index contributed by atoms with van der Waals surface area (Å²) in [6.07, 6.45) is 13.3. The predicted molar refractivity (Wildman–Crippen MR) is 136 cm³/mol. The Morgan fingerprint density at radius 1 is 1.26 bits per heavy atom. The van der Waals surface area contributed by atoms with Crippen LogP contribution < -0.4 is 5.32 Å². The molecule has 2 nitrogen and oxygen atoms in total. The Hall–Kier alpha value is -1.80. The van der Waals surface area contributed by atoms with Crippen LogP contribution in [0.5, 0.6) is 0 Å². The average Bonchev–Trinajstić information content (AvgIpc) is 3.09. The molecular formula is C29H44N2. The van der Waals surface area contributed by atoms with Crippen LogP contribution in [0.15, 0.2) is 54.6 Å². The van der Waals surface area contributed by atoms with Gasteiger partial charge in [0, 0.05) is 23.8 Å². The van der Waals surface area contributed by atoms with Gasteiger partial charge in [0.15, 0.2) is 0 Å². The standard InChI is InChI=1S/C29H44N2/c1-8-21(3)20-31-24(6)18-19-29(31,9-2)28(26-16-14-22(4)15-17-26)30-25(7)27-13-11-10-12-23(27)5/h10-14,16-17,21-22,24,28,30H,7-9,15,18-20H2,1-6H3. The van der Waals surface area contributed by atoms with Gasteiger partial charge in [0.05, 0.1) is 6.04 Å². The van der Waals surface area contributed by atoms with E-state index in [-0.39, 0.29) is 11.6 Å². The van der Waals surface area contributed by atoms with E-state index in [1.54, 1.807) is 0 Å². The number of aryl methyl sites for hydroxylation is 1. The molecule has 2 heteroatoms. The number of benzene rings is 1. The van der Waals surface area contributed by atoms with Gasteiger partial charge in [-0.25, -0.2) is 0 Å². The zero-order valence-electron chi connectivity index (χ0n) is 20.7. The molecule has 1 fully saturated rings. The highest BCUT2D eigenvalue weighted by Gasteiger charge is 2.50. The summed E-state index contributed by atoms with van der Waals surface area (Å²) in [5.74, 6) is 1.34. The molecule has 1 aromatic rings. The first kappa shape index (κ1) is 23.9. The molecule has 3 rings (SSSR count). The summed E-state index contributed by atoms with van der Waals surface area (Å²) < 4.78 is 0. The highest BCUT2D eigenvalue weighted by atomic mass is 15.3. The first-order chi connectivity index (χ1) is 14.8. The molecule has 170 valence electrons. The summed E-state index contributed by atoms with van der Waals surface area (Å²) in [6.45, 7) is 19.7. The highest BCUT2D eigenvalue weighted by Crippen LogP contribution is 2.43. The highest BCUT2D eigenvalue weighted by molar-refractivity contribution is 5.65. The number of hydrogen-bond donors (Lipinski definition) is 1. The normalized spacial score (nSPS) is 28.3. The van der Waals surface area contributed by atoms with E-state index in [9.17, 15) is 0 Å². The zero-order valence-corrected chi connectivity index (χ0v) is 20.7. The Bertz CT molecular complexity index is 820. The lowest BCUT2D eigenvalue weighted by molar-refractivity contribution is 0.0640. The van der Waals surface area contributed by atoms with Crippen molar-refractivity contribution < 1.29 is 0 Å². The molecule has 1 aliphatic carbocycles. The molecule has 1 aliphatic heterocycles. The van der Waals surface area contributed by atoms with Gasteiger partial charge in [0.1, 0.15) is 0 Å². The number of rotatable bonds is 9. The molecule has 0 aromatic heterocycles. The van der Waals surface area contributed by atoms with Crippen molar-refractivity contribution in [1.82, 2.24) is 10.2 Å². The number of allylic oxidation sites excluding steroid dienone is 2. The summed E-state index contributed by atoms with van der Waals surface area (Å²) in [5.41, 5.74) is 5.12. The minimum absolute atomic E-state index is 0.116. The van der Waals surface area contributed by atoms with Gasteiger partial charge in [-0.05, 0) is 68.1 Å². The van der Waals surface area contributed by atoms with Crippen molar-refractivity contribution in [3.05, 3.63) is 65.8 Å². The summed E-state index contributed by atoms with van der Waals surface area (Å²) in [4.78, 5) is 2.84. The van der Waals surface area contributed by atoms with Crippen molar-refractivity contribution in [3.63, 3.8) is 0 Å². The zero-order chi connectivity index (χ0) is 22.6. The molecule has 0 spiro atoms. The van der Waals surface area contributed by atoms with Crippen LogP contribution in [0.4, 0.5) is 0 Å². The van der Waals surface area contributed by atoms with Crippen molar-refractivity contribution >= 4 is 5.70 Å². The van der Waals surface area contributed by atoms with E-state index in [2.05, 4.69) is 101 Å². The van der Waals surface area contributed by atoms with Gasteiger partial charge in [-0.3, -0.25) is 4.90 Å². The minimum Gasteiger partial charge on any atom is -0.376 e. The number of nitrogens with zero attached hydrogens (tertiary/aromatic N) is 1. The minimum atomic E-state index is 0.116. The number of nitrogens with one attached hydrogen (secondary N) is 1. The van der Waals surface area contributed by atoms with Crippen LogP contribution in [0.1, 0.15) is 77.8 Å². The second-order valence-corrected chi connectivity index (χ2v) is 10.2. The van der Waals surface area contributed by atoms with Crippen LogP contribution in [-0.2, 0) is 0 Å². The average molecular weight is 421 g/mol. The quantitative estimate of drug-likeness (QED) is 0.457. The molecule has 0 amide bonds. The fraction of sp³-hybridized carbons (Fsp3) is 0.586. The van der Waals surface area contributed by atoms with Gasteiger partial charge < -0.3 is 5.32 Å². The topological polar surface area (TPSA) is 15.3 Å². The van der Waals surface area contributed by atoms with Crippen molar-refractivity contribution in [2.45, 2.75) is 91.3 Å². The molecule has 2 aliphatic rings. The first-order valence-electron chi connectivity index (χ1n) is 12.5. The summed E-state index contributed by atoms with van der Waals surface area (Å²) in [7, 11) is 0. The van der Waals surface area contributed by atoms with Crippen LogP contribution in [0.3, 0.4) is 0 Å². The van der Waals surface area contributed by atoms with Crippen LogP contribution in [0, 0.1) is 18.8 Å². The van der Waals surface area contributed by atoms with Crippen molar-refractivity contribution in [2.75, 3.05) is 6.54 Å². The Balaban J connectivity index is 2.01. The van der Waals surface area contributed by atoms with Crippen molar-refractivity contribution in [3.8, 4) is 0 Å². The van der Waals surface area contributed by atoms with Crippen LogP contribution in [-0.4, -0.2) is 29.1 Å². The maximum atomic E-state index is 4.51. The molecule has 1 saturated heterocycles. The molecular weight excluding hydrogens is 376 g/mol. The molecule has 31 heavy (non-hydrogen) atoms. The van der Waals surface area contributed by atoms with Crippen LogP contribution in [0.2, 0.25) is 0 Å². The third-order valence-electron chi connectivity index (χ3n) is 7.92. The van der Waals surface area contributed by atoms with Gasteiger partial charge in [-0.1, -0.05) is 83.2 Å². The Kier molecular flexibility index (Phi) is 7.86. The van der Waals surface area contributed by atoms with E-state index in [0.29, 0.717) is 17.9 Å². The van der Waals surface area contributed by atoms with Gasteiger partial charge in [0.25, 0.3) is 0 Å². The van der Waals surface area contributed by atoms with Crippen LogP contribution >= 0.6 is 0 Å². The van der Waals surface area contributed by atoms with Gasteiger partial charge in [-0.2, -0.15) is 0 Å². The van der Waals surface area contributed by atoms with Gasteiger partial charge in [-0.15, -0.1) is 0 Å². The van der Waals surface area contributed by atoms with E-state index in [1.807, 2.05) is 0 Å². The maximum Gasteiger partial charge on any atom is 0.0694 e. The molecule has 0 bridgehead atoms.